The Bertz CT molecular complexity index is 1860. The molecule has 13 heteroatoms. The number of ether oxygens (including phenoxy) is 1. The summed E-state index contributed by atoms with van der Waals surface area (Å²) in [6.07, 6.45) is -0.169. The molecule has 43 heavy (non-hydrogen) atoms. The van der Waals surface area contributed by atoms with Gasteiger partial charge in [0.15, 0.2) is 6.61 Å². The van der Waals surface area contributed by atoms with E-state index in [1.807, 2.05) is 6.07 Å². The maximum Gasteiger partial charge on any atom is 0.338 e. The predicted octanol–water partition coefficient (Wildman–Crippen LogP) is 5.25. The smallest absolute Gasteiger partial charge is 0.338 e. The van der Waals surface area contributed by atoms with Crippen LogP contribution in [0, 0.1) is 22.7 Å². The van der Waals surface area contributed by atoms with Gasteiger partial charge in [0.1, 0.15) is 28.5 Å². The molecule has 2 aromatic carbocycles. The Hall–Kier alpha value is -5.01. The zero-order chi connectivity index (χ0) is 30.7. The lowest BCUT2D eigenvalue weighted by molar-refractivity contribution is -0.121. The number of nitriles is 2. The van der Waals surface area contributed by atoms with Gasteiger partial charge in [0.05, 0.1) is 27.1 Å². The van der Waals surface area contributed by atoms with Crippen LogP contribution in [0.5, 0.6) is 0 Å². The van der Waals surface area contributed by atoms with Crippen molar-refractivity contribution in [2.45, 2.75) is 16.7 Å². The van der Waals surface area contributed by atoms with Crippen molar-refractivity contribution in [1.29, 1.82) is 10.5 Å². The number of halogens is 1. The van der Waals surface area contributed by atoms with Crippen LogP contribution in [0.1, 0.15) is 38.3 Å². The highest BCUT2D eigenvalue weighted by atomic mass is 35.5. The molecule has 10 nitrogen and oxygen atoms in total. The minimum absolute atomic E-state index is 0.0570. The molecule has 0 radical (unpaired) electrons. The lowest BCUT2D eigenvalue weighted by atomic mass is 9.99. The number of pyridine rings is 1. The van der Waals surface area contributed by atoms with Crippen molar-refractivity contribution >= 4 is 69.8 Å². The lowest BCUT2D eigenvalue weighted by Crippen LogP contribution is -2.31. The van der Waals surface area contributed by atoms with Gasteiger partial charge in [-0.3, -0.25) is 14.4 Å². The Labute approximate surface area is 258 Å². The molecule has 3 heterocycles. The normalized spacial score (nSPS) is 14.3. The van der Waals surface area contributed by atoms with Gasteiger partial charge in [-0.15, -0.1) is 0 Å². The number of amides is 2. The van der Waals surface area contributed by atoms with Gasteiger partial charge in [0.2, 0.25) is 17.6 Å². The standard InChI is InChI=1S/C30H18ClN5O5S2/c31-22-4-2-1-3-19(22)23(37)14-41-30(40)16-5-7-18(8-6-16)36-25(38)11-24(29(36)39)43-28-21(13-33)26(17-9-10-42-15-17)20(12-32)27(34)35-28/h1-10,15,24H,11,14H2,(H2,34,35). The van der Waals surface area contributed by atoms with Gasteiger partial charge in [-0.1, -0.05) is 35.5 Å². The summed E-state index contributed by atoms with van der Waals surface area (Å²) >= 11 is 8.32. The highest BCUT2D eigenvalue weighted by molar-refractivity contribution is 8.00. The zero-order valence-corrected chi connectivity index (χ0v) is 24.3. The number of hydrogen-bond donors (Lipinski definition) is 1. The summed E-state index contributed by atoms with van der Waals surface area (Å²) in [5.74, 6) is -2.35. The third-order valence-electron chi connectivity index (χ3n) is 6.45. The number of carbonyl (C=O) groups excluding carboxylic acids is 4. The van der Waals surface area contributed by atoms with Crippen molar-refractivity contribution in [3.05, 3.63) is 92.6 Å². The summed E-state index contributed by atoms with van der Waals surface area (Å²) in [7, 11) is 0. The van der Waals surface area contributed by atoms with Crippen molar-refractivity contribution in [3.63, 3.8) is 0 Å². The number of ketones is 1. The van der Waals surface area contributed by atoms with Gasteiger partial charge in [-0.25, -0.2) is 14.7 Å². The topological polar surface area (TPSA) is 167 Å². The fraction of sp³-hybridized carbons (Fsp3) is 0.100. The van der Waals surface area contributed by atoms with Crippen LogP contribution in [0.3, 0.4) is 0 Å². The van der Waals surface area contributed by atoms with E-state index in [0.717, 1.165) is 16.7 Å². The molecular formula is C30H18ClN5O5S2. The number of esters is 1. The van der Waals surface area contributed by atoms with E-state index in [2.05, 4.69) is 11.1 Å². The number of Topliss-reactive ketones (excluding diaryl/α,β-unsaturated/α-hetero) is 1. The Morgan fingerprint density at radius 2 is 1.81 bits per heavy atom. The van der Waals surface area contributed by atoms with Crippen molar-refractivity contribution in [2.75, 3.05) is 17.2 Å². The molecule has 5 rings (SSSR count). The number of nitrogen functional groups attached to an aromatic ring is 1. The number of anilines is 2. The number of thioether (sulfide) groups is 1. The van der Waals surface area contributed by atoms with Gasteiger partial charge >= 0.3 is 5.97 Å². The first-order valence-electron chi connectivity index (χ1n) is 12.5. The maximum absolute atomic E-state index is 13.4. The van der Waals surface area contributed by atoms with Crippen LogP contribution >= 0.6 is 34.7 Å². The highest BCUT2D eigenvalue weighted by Gasteiger charge is 2.41. The molecule has 2 N–H and O–H groups in total. The summed E-state index contributed by atoms with van der Waals surface area (Å²) < 4.78 is 5.11. The van der Waals surface area contributed by atoms with Gasteiger partial charge < -0.3 is 10.5 Å². The number of aromatic nitrogens is 1. The van der Waals surface area contributed by atoms with E-state index < -0.39 is 35.4 Å². The molecule has 0 aliphatic carbocycles. The second-order valence-corrected chi connectivity index (χ2v) is 11.4. The quantitative estimate of drug-likeness (QED) is 0.155. The molecule has 1 saturated heterocycles. The lowest BCUT2D eigenvalue weighted by Gasteiger charge is -2.16. The van der Waals surface area contributed by atoms with Crippen molar-refractivity contribution < 1.29 is 23.9 Å². The zero-order valence-electron chi connectivity index (χ0n) is 21.9. The first kappa shape index (κ1) is 29.5. The largest absolute Gasteiger partial charge is 0.454 e. The number of nitrogens with two attached hydrogens (primary N) is 1. The molecule has 0 saturated carbocycles. The van der Waals surface area contributed by atoms with E-state index >= 15 is 0 Å². The third-order valence-corrected chi connectivity index (χ3v) is 8.64. The van der Waals surface area contributed by atoms with Gasteiger partial charge in [-0.05, 0) is 58.8 Å². The summed E-state index contributed by atoms with van der Waals surface area (Å²) in [6, 6.07) is 17.8. The van der Waals surface area contributed by atoms with Crippen LogP contribution in [-0.4, -0.2) is 40.4 Å². The van der Waals surface area contributed by atoms with E-state index in [0.29, 0.717) is 11.1 Å². The monoisotopic (exact) mass is 627 g/mol. The Kier molecular flexibility index (Phi) is 8.55. The molecular weight excluding hydrogens is 610 g/mol. The minimum atomic E-state index is -0.907. The van der Waals surface area contributed by atoms with E-state index in [1.54, 1.807) is 35.0 Å². The second kappa shape index (κ2) is 12.5. The van der Waals surface area contributed by atoms with E-state index in [9.17, 15) is 29.7 Å². The molecule has 1 aliphatic rings. The van der Waals surface area contributed by atoms with Crippen LogP contribution in [0.4, 0.5) is 11.5 Å². The van der Waals surface area contributed by atoms with Crippen LogP contribution < -0.4 is 10.6 Å². The molecule has 0 spiro atoms. The average Bonchev–Trinajstić information content (AvgIpc) is 3.63. The molecule has 2 aromatic heterocycles. The minimum Gasteiger partial charge on any atom is -0.454 e. The first-order valence-corrected chi connectivity index (χ1v) is 14.7. The summed E-state index contributed by atoms with van der Waals surface area (Å²) in [4.78, 5) is 56.3. The van der Waals surface area contributed by atoms with Crippen LogP contribution in [-0.2, 0) is 14.3 Å². The molecule has 212 valence electrons. The first-order chi connectivity index (χ1) is 20.7. The van der Waals surface area contributed by atoms with Crippen molar-refractivity contribution in [2.24, 2.45) is 0 Å². The van der Waals surface area contributed by atoms with Gasteiger partial charge in [0, 0.05) is 17.5 Å². The average molecular weight is 628 g/mol. The van der Waals surface area contributed by atoms with Crippen molar-refractivity contribution in [1.82, 2.24) is 4.98 Å². The number of nitrogens with zero attached hydrogens (tertiary/aromatic N) is 4. The highest BCUT2D eigenvalue weighted by Crippen LogP contribution is 2.40. The maximum atomic E-state index is 13.4. The number of carbonyl (C=O) groups is 4. The fourth-order valence-corrected chi connectivity index (χ4v) is 6.41. The molecule has 1 aliphatic heterocycles. The predicted molar refractivity (Wildman–Crippen MR) is 161 cm³/mol. The molecule has 1 unspecified atom stereocenters. The number of imide groups is 1. The van der Waals surface area contributed by atoms with E-state index in [-0.39, 0.29) is 50.2 Å². The Balaban J connectivity index is 1.31. The van der Waals surface area contributed by atoms with Crippen LogP contribution in [0.15, 0.2) is 70.4 Å². The second-order valence-electron chi connectivity index (χ2n) is 9.07. The fourth-order valence-electron chi connectivity index (χ4n) is 4.41. The Morgan fingerprint density at radius 1 is 1.09 bits per heavy atom. The summed E-state index contributed by atoms with van der Waals surface area (Å²) in [5, 5.41) is 22.7. The number of hydrogen-bond acceptors (Lipinski definition) is 11. The molecule has 1 atom stereocenters. The van der Waals surface area contributed by atoms with Crippen LogP contribution in [0.2, 0.25) is 5.02 Å². The number of thiophene rings is 1. The van der Waals surface area contributed by atoms with Gasteiger partial charge in [0.25, 0.3) is 0 Å². The van der Waals surface area contributed by atoms with E-state index in [1.165, 1.54) is 41.7 Å². The molecule has 0 bridgehead atoms. The number of rotatable bonds is 8. The SMILES string of the molecule is N#Cc1c(N)nc(SC2CC(=O)N(c3ccc(C(=O)OCC(=O)c4ccccc4Cl)cc3)C2=O)c(C#N)c1-c1ccsc1. The molecule has 1 fully saturated rings. The summed E-state index contributed by atoms with van der Waals surface area (Å²) in [5.41, 5.74) is 7.71. The third kappa shape index (κ3) is 5.85. The number of benzene rings is 2. The van der Waals surface area contributed by atoms with Gasteiger partial charge in [-0.2, -0.15) is 21.9 Å². The molecule has 4 aromatic rings. The summed E-state index contributed by atoms with van der Waals surface area (Å²) in [6.45, 7) is -0.515. The van der Waals surface area contributed by atoms with E-state index in [4.69, 9.17) is 22.1 Å². The van der Waals surface area contributed by atoms with Crippen molar-refractivity contribution in [3.8, 4) is 23.3 Å². The Morgan fingerprint density at radius 3 is 2.47 bits per heavy atom. The van der Waals surface area contributed by atoms with Crippen LogP contribution in [0.25, 0.3) is 11.1 Å². The molecule has 2 amide bonds.